The first-order valence-electron chi connectivity index (χ1n) is 10.2. The van der Waals surface area contributed by atoms with Gasteiger partial charge in [-0.2, -0.15) is 0 Å². The molecule has 0 saturated carbocycles. The van der Waals surface area contributed by atoms with Crippen molar-refractivity contribution in [2.45, 2.75) is 77.8 Å². The summed E-state index contributed by atoms with van der Waals surface area (Å²) in [6.07, 6.45) is 0.156. The Hall–Kier alpha value is -2.82. The Kier molecular flexibility index (Phi) is 12.3. The standard InChI is InChI=1S/C20H37N5O6/c1-7-9-14(26)24-16(27)13(10-8-11-22-18(21)29)23-17(28)15(12(2)3)25-19(30)31-20(4,5)6/h7,12-15,26H,1,8-11H2,2-6H3,(H,23,28)(H,24,27)(H,25,30)(H3,21,22,29)/t13-,14?,15-/m0/s1. The number of carbonyl (C=O) groups is 4. The molecule has 0 bridgehead atoms. The lowest BCUT2D eigenvalue weighted by molar-refractivity contribution is -0.132. The SMILES string of the molecule is C=CCC(O)NC(=O)[C@H](CCCNC(N)=O)NC(=O)[C@@H](NC(=O)OC(C)(C)C)C(C)C. The highest BCUT2D eigenvalue weighted by atomic mass is 16.6. The maximum Gasteiger partial charge on any atom is 0.408 e. The summed E-state index contributed by atoms with van der Waals surface area (Å²) in [7, 11) is 0. The number of carbonyl (C=O) groups excluding carboxylic acids is 4. The fourth-order valence-electron chi connectivity index (χ4n) is 2.50. The number of hydrogen-bond acceptors (Lipinski definition) is 6. The molecule has 0 fully saturated rings. The van der Waals surface area contributed by atoms with Gasteiger partial charge in [0.15, 0.2) is 0 Å². The van der Waals surface area contributed by atoms with E-state index in [0.29, 0.717) is 6.42 Å². The summed E-state index contributed by atoms with van der Waals surface area (Å²) < 4.78 is 5.20. The van der Waals surface area contributed by atoms with E-state index in [4.69, 9.17) is 10.5 Å². The number of ether oxygens (including phenoxy) is 1. The zero-order chi connectivity index (χ0) is 24.2. The molecule has 3 atom stereocenters. The van der Waals surface area contributed by atoms with E-state index in [2.05, 4.69) is 27.8 Å². The molecule has 0 aromatic heterocycles. The van der Waals surface area contributed by atoms with Gasteiger partial charge in [0.05, 0.1) is 0 Å². The number of aliphatic hydroxyl groups is 1. The molecule has 0 heterocycles. The van der Waals surface area contributed by atoms with Crippen molar-refractivity contribution in [3.63, 3.8) is 0 Å². The predicted molar refractivity (Wildman–Crippen MR) is 116 cm³/mol. The van der Waals surface area contributed by atoms with Crippen LogP contribution in [0.15, 0.2) is 12.7 Å². The van der Waals surface area contributed by atoms with E-state index in [-0.39, 0.29) is 25.3 Å². The van der Waals surface area contributed by atoms with Crippen LogP contribution in [0.2, 0.25) is 0 Å². The van der Waals surface area contributed by atoms with E-state index in [0.717, 1.165) is 0 Å². The third-order valence-corrected chi connectivity index (χ3v) is 3.92. The summed E-state index contributed by atoms with van der Waals surface area (Å²) in [5.41, 5.74) is 4.28. The number of alkyl carbamates (subject to hydrolysis) is 1. The Bertz CT molecular complexity index is 632. The normalized spacial score (nSPS) is 14.0. The van der Waals surface area contributed by atoms with Crippen molar-refractivity contribution in [1.82, 2.24) is 21.3 Å². The van der Waals surface area contributed by atoms with Crippen molar-refractivity contribution in [2.24, 2.45) is 11.7 Å². The number of hydrogen-bond donors (Lipinski definition) is 6. The summed E-state index contributed by atoms with van der Waals surface area (Å²) >= 11 is 0. The van der Waals surface area contributed by atoms with Crippen LogP contribution in [-0.2, 0) is 14.3 Å². The molecule has 0 rings (SSSR count). The molecule has 0 aromatic rings. The van der Waals surface area contributed by atoms with Crippen LogP contribution in [0.3, 0.4) is 0 Å². The number of amides is 5. The maximum absolute atomic E-state index is 12.8. The van der Waals surface area contributed by atoms with E-state index in [1.807, 2.05) is 0 Å². The van der Waals surface area contributed by atoms with Crippen LogP contribution >= 0.6 is 0 Å². The van der Waals surface area contributed by atoms with Crippen LogP contribution in [0.25, 0.3) is 0 Å². The quantitative estimate of drug-likeness (QED) is 0.145. The molecule has 0 radical (unpaired) electrons. The first kappa shape index (κ1) is 28.2. The molecule has 11 heteroatoms. The smallest absolute Gasteiger partial charge is 0.408 e. The second-order valence-corrected chi connectivity index (χ2v) is 8.41. The Morgan fingerprint density at radius 1 is 1.10 bits per heavy atom. The van der Waals surface area contributed by atoms with Gasteiger partial charge in [0.25, 0.3) is 0 Å². The van der Waals surface area contributed by atoms with Gasteiger partial charge in [0.1, 0.15) is 23.9 Å². The summed E-state index contributed by atoms with van der Waals surface area (Å²) in [5, 5.41) is 19.7. The van der Waals surface area contributed by atoms with E-state index >= 15 is 0 Å². The summed E-state index contributed by atoms with van der Waals surface area (Å²) in [4.78, 5) is 48.3. The molecule has 5 amide bonds. The van der Waals surface area contributed by atoms with Crippen molar-refractivity contribution in [1.29, 1.82) is 0 Å². The molecule has 0 aromatic carbocycles. The van der Waals surface area contributed by atoms with Crippen molar-refractivity contribution < 1.29 is 29.0 Å². The fraction of sp³-hybridized carbons (Fsp3) is 0.700. The Morgan fingerprint density at radius 2 is 1.71 bits per heavy atom. The second-order valence-electron chi connectivity index (χ2n) is 8.41. The minimum Gasteiger partial charge on any atom is -0.444 e. The minimum absolute atomic E-state index is 0.129. The first-order valence-corrected chi connectivity index (χ1v) is 10.2. The summed E-state index contributed by atoms with van der Waals surface area (Å²) in [5.74, 6) is -1.48. The van der Waals surface area contributed by atoms with Crippen LogP contribution in [0.5, 0.6) is 0 Å². The molecular weight excluding hydrogens is 406 g/mol. The van der Waals surface area contributed by atoms with E-state index in [1.165, 1.54) is 6.08 Å². The number of primary amides is 1. The fourth-order valence-corrected chi connectivity index (χ4v) is 2.50. The van der Waals surface area contributed by atoms with Gasteiger partial charge in [-0.1, -0.05) is 19.9 Å². The molecule has 0 aliphatic carbocycles. The highest BCUT2D eigenvalue weighted by molar-refractivity contribution is 5.91. The Labute approximate surface area is 183 Å². The number of urea groups is 1. The minimum atomic E-state index is -1.16. The molecule has 31 heavy (non-hydrogen) atoms. The number of nitrogens with two attached hydrogens (primary N) is 1. The lowest BCUT2D eigenvalue weighted by Gasteiger charge is -2.27. The molecule has 0 saturated heterocycles. The number of nitrogens with one attached hydrogen (secondary N) is 4. The Balaban J connectivity index is 5.23. The van der Waals surface area contributed by atoms with Gasteiger partial charge >= 0.3 is 12.1 Å². The van der Waals surface area contributed by atoms with Crippen LogP contribution < -0.4 is 27.0 Å². The van der Waals surface area contributed by atoms with Gasteiger partial charge in [-0.15, -0.1) is 6.58 Å². The molecule has 11 nitrogen and oxygen atoms in total. The van der Waals surface area contributed by atoms with E-state index in [1.54, 1.807) is 34.6 Å². The lowest BCUT2D eigenvalue weighted by Crippen LogP contribution is -2.56. The molecule has 0 spiro atoms. The van der Waals surface area contributed by atoms with Crippen LogP contribution in [0, 0.1) is 5.92 Å². The van der Waals surface area contributed by atoms with Crippen molar-refractivity contribution in [2.75, 3.05) is 6.54 Å². The lowest BCUT2D eigenvalue weighted by atomic mass is 10.0. The summed E-state index contributed by atoms with van der Waals surface area (Å²) in [6.45, 7) is 12.3. The highest BCUT2D eigenvalue weighted by Crippen LogP contribution is 2.10. The third-order valence-electron chi connectivity index (χ3n) is 3.92. The van der Waals surface area contributed by atoms with Gasteiger partial charge < -0.3 is 36.8 Å². The largest absolute Gasteiger partial charge is 0.444 e. The molecule has 0 aliphatic heterocycles. The molecule has 0 aliphatic rings. The van der Waals surface area contributed by atoms with Gasteiger partial charge in [-0.05, 0) is 39.5 Å². The topological polar surface area (TPSA) is 172 Å². The van der Waals surface area contributed by atoms with E-state index < -0.39 is 47.9 Å². The van der Waals surface area contributed by atoms with Crippen molar-refractivity contribution >= 4 is 23.9 Å². The predicted octanol–water partition coefficient (Wildman–Crippen LogP) is 0.480. The van der Waals surface area contributed by atoms with Crippen molar-refractivity contribution in [3.8, 4) is 0 Å². The molecule has 178 valence electrons. The molecule has 7 N–H and O–H groups in total. The van der Waals surface area contributed by atoms with Gasteiger partial charge in [-0.25, -0.2) is 9.59 Å². The summed E-state index contributed by atoms with van der Waals surface area (Å²) in [6, 6.07) is -2.66. The highest BCUT2D eigenvalue weighted by Gasteiger charge is 2.30. The zero-order valence-electron chi connectivity index (χ0n) is 19.0. The van der Waals surface area contributed by atoms with Crippen LogP contribution in [0.4, 0.5) is 9.59 Å². The van der Waals surface area contributed by atoms with E-state index in [9.17, 15) is 24.3 Å². The first-order chi connectivity index (χ1) is 14.3. The van der Waals surface area contributed by atoms with Gasteiger partial charge in [0.2, 0.25) is 11.8 Å². The molecule has 1 unspecified atom stereocenters. The second kappa shape index (κ2) is 13.5. The third kappa shape index (κ3) is 13.2. The number of aliphatic hydroxyl groups excluding tert-OH is 1. The average molecular weight is 444 g/mol. The zero-order valence-corrected chi connectivity index (χ0v) is 19.0. The Morgan fingerprint density at radius 3 is 2.19 bits per heavy atom. The van der Waals surface area contributed by atoms with Crippen LogP contribution in [0.1, 0.15) is 53.9 Å². The number of rotatable bonds is 12. The van der Waals surface area contributed by atoms with Gasteiger partial charge in [-0.3, -0.25) is 9.59 Å². The van der Waals surface area contributed by atoms with Crippen molar-refractivity contribution in [3.05, 3.63) is 12.7 Å². The maximum atomic E-state index is 12.8. The molecular formula is C20H37N5O6. The van der Waals surface area contributed by atoms with Crippen LogP contribution in [-0.4, -0.2) is 59.5 Å². The monoisotopic (exact) mass is 443 g/mol. The van der Waals surface area contributed by atoms with Gasteiger partial charge in [0, 0.05) is 13.0 Å². The average Bonchev–Trinajstić information content (AvgIpc) is 2.60.